The summed E-state index contributed by atoms with van der Waals surface area (Å²) >= 11 is 6.01. The average Bonchev–Trinajstić information content (AvgIpc) is 2.76. The standard InChI is InChI=1S/C14H19ClN4/c1-4-13(16-5-2)14-7-6-11(8-17-14)19-9-12(15)10(3)18-19/h6-9,13,16H,4-5H2,1-3H3. The molecule has 2 rings (SSSR count). The van der Waals surface area contributed by atoms with Gasteiger partial charge in [0.25, 0.3) is 0 Å². The van der Waals surface area contributed by atoms with Gasteiger partial charge >= 0.3 is 0 Å². The van der Waals surface area contributed by atoms with Gasteiger partial charge < -0.3 is 5.32 Å². The first-order valence-corrected chi connectivity index (χ1v) is 6.95. The zero-order valence-electron chi connectivity index (χ0n) is 11.5. The second-order valence-electron chi connectivity index (χ2n) is 4.47. The Morgan fingerprint density at radius 2 is 2.16 bits per heavy atom. The van der Waals surface area contributed by atoms with E-state index in [0.717, 1.165) is 30.0 Å². The number of hydrogen-bond donors (Lipinski definition) is 1. The Kier molecular flexibility index (Phi) is 4.56. The summed E-state index contributed by atoms with van der Waals surface area (Å²) in [6.07, 6.45) is 4.65. The lowest BCUT2D eigenvalue weighted by Crippen LogP contribution is -2.21. The van der Waals surface area contributed by atoms with Crippen molar-refractivity contribution in [1.29, 1.82) is 0 Å². The molecule has 2 aromatic rings. The number of pyridine rings is 1. The van der Waals surface area contributed by atoms with Crippen LogP contribution in [0.5, 0.6) is 0 Å². The van der Waals surface area contributed by atoms with Crippen LogP contribution in [0.2, 0.25) is 5.02 Å². The van der Waals surface area contributed by atoms with Crippen LogP contribution in [0.4, 0.5) is 0 Å². The highest BCUT2D eigenvalue weighted by molar-refractivity contribution is 6.31. The number of aromatic nitrogens is 3. The van der Waals surface area contributed by atoms with Gasteiger partial charge in [0.2, 0.25) is 0 Å². The predicted octanol–water partition coefficient (Wildman–Crippen LogP) is 3.29. The molecule has 2 aromatic heterocycles. The summed E-state index contributed by atoms with van der Waals surface area (Å²) in [6, 6.07) is 4.37. The Bertz CT molecular complexity index is 513. The SMILES string of the molecule is CCNC(CC)c1ccc(-n2cc(Cl)c(C)n2)cn1. The highest BCUT2D eigenvalue weighted by Crippen LogP contribution is 2.18. The molecule has 4 nitrogen and oxygen atoms in total. The van der Waals surface area contributed by atoms with E-state index in [2.05, 4.69) is 29.2 Å². The van der Waals surface area contributed by atoms with Crippen LogP contribution in [0.25, 0.3) is 5.69 Å². The molecule has 5 heteroatoms. The van der Waals surface area contributed by atoms with E-state index < -0.39 is 0 Å². The van der Waals surface area contributed by atoms with Crippen molar-refractivity contribution in [2.75, 3.05) is 6.54 Å². The molecule has 102 valence electrons. The molecule has 1 atom stereocenters. The van der Waals surface area contributed by atoms with Gasteiger partial charge in [0.1, 0.15) is 0 Å². The van der Waals surface area contributed by atoms with Gasteiger partial charge in [-0.05, 0) is 32.0 Å². The predicted molar refractivity (Wildman–Crippen MR) is 77.8 cm³/mol. The largest absolute Gasteiger partial charge is 0.309 e. The zero-order chi connectivity index (χ0) is 13.8. The van der Waals surface area contributed by atoms with E-state index in [4.69, 9.17) is 11.6 Å². The van der Waals surface area contributed by atoms with E-state index in [1.807, 2.05) is 25.3 Å². The molecule has 0 amide bonds. The molecule has 0 spiro atoms. The average molecular weight is 279 g/mol. The molecule has 0 aliphatic heterocycles. The highest BCUT2D eigenvalue weighted by atomic mass is 35.5. The Morgan fingerprint density at radius 3 is 2.63 bits per heavy atom. The van der Waals surface area contributed by atoms with Crippen LogP contribution < -0.4 is 5.32 Å². The maximum absolute atomic E-state index is 6.01. The smallest absolute Gasteiger partial charge is 0.0829 e. The minimum Gasteiger partial charge on any atom is -0.309 e. The molecule has 2 heterocycles. The first-order chi connectivity index (χ1) is 9.15. The van der Waals surface area contributed by atoms with E-state index in [1.165, 1.54) is 0 Å². The maximum atomic E-state index is 6.01. The third-order valence-corrected chi connectivity index (χ3v) is 3.46. The third kappa shape index (κ3) is 3.14. The van der Waals surface area contributed by atoms with Crippen LogP contribution in [-0.4, -0.2) is 21.3 Å². The lowest BCUT2D eigenvalue weighted by atomic mass is 10.1. The molecule has 0 radical (unpaired) electrons. The molecule has 1 unspecified atom stereocenters. The highest BCUT2D eigenvalue weighted by Gasteiger charge is 2.10. The lowest BCUT2D eigenvalue weighted by molar-refractivity contribution is 0.524. The summed E-state index contributed by atoms with van der Waals surface area (Å²) in [5.74, 6) is 0. The first-order valence-electron chi connectivity index (χ1n) is 6.57. The van der Waals surface area contributed by atoms with Gasteiger partial charge in [-0.15, -0.1) is 0 Å². The molecule has 0 bridgehead atoms. The summed E-state index contributed by atoms with van der Waals surface area (Å²) < 4.78 is 1.75. The van der Waals surface area contributed by atoms with Crippen LogP contribution in [0.3, 0.4) is 0 Å². The molecular weight excluding hydrogens is 260 g/mol. The molecule has 19 heavy (non-hydrogen) atoms. The number of nitrogens with zero attached hydrogens (tertiary/aromatic N) is 3. The second kappa shape index (κ2) is 6.17. The van der Waals surface area contributed by atoms with Crippen LogP contribution in [-0.2, 0) is 0 Å². The molecule has 1 N–H and O–H groups in total. The van der Waals surface area contributed by atoms with Crippen molar-refractivity contribution in [2.45, 2.75) is 33.2 Å². The van der Waals surface area contributed by atoms with Crippen LogP contribution >= 0.6 is 11.6 Å². The maximum Gasteiger partial charge on any atom is 0.0829 e. The summed E-state index contributed by atoms with van der Waals surface area (Å²) in [7, 11) is 0. The van der Waals surface area contributed by atoms with Gasteiger partial charge in [-0.1, -0.05) is 25.4 Å². The number of halogens is 1. The molecular formula is C14H19ClN4. The molecule has 0 aliphatic rings. The van der Waals surface area contributed by atoms with Crippen LogP contribution in [0.1, 0.15) is 37.7 Å². The number of aryl methyl sites for hydroxylation is 1. The van der Waals surface area contributed by atoms with Crippen LogP contribution in [0.15, 0.2) is 24.5 Å². The van der Waals surface area contributed by atoms with E-state index in [-0.39, 0.29) is 0 Å². The van der Waals surface area contributed by atoms with Crippen molar-refractivity contribution >= 4 is 11.6 Å². The Balaban J connectivity index is 2.22. The summed E-state index contributed by atoms with van der Waals surface area (Å²) in [5, 5.41) is 8.43. The zero-order valence-corrected chi connectivity index (χ0v) is 12.3. The number of rotatable bonds is 5. The van der Waals surface area contributed by atoms with Gasteiger partial charge in [-0.3, -0.25) is 4.98 Å². The second-order valence-corrected chi connectivity index (χ2v) is 4.87. The van der Waals surface area contributed by atoms with E-state index in [0.29, 0.717) is 11.1 Å². The minimum absolute atomic E-state index is 0.307. The van der Waals surface area contributed by atoms with Crippen molar-refractivity contribution in [3.63, 3.8) is 0 Å². The molecule has 0 aromatic carbocycles. The fraction of sp³-hybridized carbons (Fsp3) is 0.429. The summed E-state index contributed by atoms with van der Waals surface area (Å²) in [5.41, 5.74) is 2.80. The quantitative estimate of drug-likeness (QED) is 0.913. The van der Waals surface area contributed by atoms with Crippen molar-refractivity contribution in [3.8, 4) is 5.69 Å². The normalized spacial score (nSPS) is 12.6. The Morgan fingerprint density at radius 1 is 1.37 bits per heavy atom. The lowest BCUT2D eigenvalue weighted by Gasteiger charge is -2.15. The monoisotopic (exact) mass is 278 g/mol. The van der Waals surface area contributed by atoms with Gasteiger partial charge in [0.05, 0.1) is 28.3 Å². The van der Waals surface area contributed by atoms with E-state index >= 15 is 0 Å². The minimum atomic E-state index is 0.307. The number of nitrogens with one attached hydrogen (secondary N) is 1. The molecule has 0 aliphatic carbocycles. The van der Waals surface area contributed by atoms with Crippen LogP contribution in [0, 0.1) is 6.92 Å². The fourth-order valence-electron chi connectivity index (χ4n) is 2.01. The van der Waals surface area contributed by atoms with Crippen molar-refractivity contribution in [2.24, 2.45) is 0 Å². The van der Waals surface area contributed by atoms with Gasteiger partial charge in [0.15, 0.2) is 0 Å². The topological polar surface area (TPSA) is 42.7 Å². The summed E-state index contributed by atoms with van der Waals surface area (Å²) in [6.45, 7) is 7.08. The fourth-order valence-corrected chi connectivity index (χ4v) is 2.15. The van der Waals surface area contributed by atoms with E-state index in [9.17, 15) is 0 Å². The van der Waals surface area contributed by atoms with E-state index in [1.54, 1.807) is 10.9 Å². The number of hydrogen-bond acceptors (Lipinski definition) is 3. The molecule has 0 saturated carbocycles. The first kappa shape index (κ1) is 14.0. The third-order valence-electron chi connectivity index (χ3n) is 3.09. The van der Waals surface area contributed by atoms with Crippen molar-refractivity contribution in [1.82, 2.24) is 20.1 Å². The van der Waals surface area contributed by atoms with Gasteiger partial charge in [0, 0.05) is 12.2 Å². The Labute approximate surface area is 118 Å². The van der Waals surface area contributed by atoms with Gasteiger partial charge in [-0.25, -0.2) is 4.68 Å². The summed E-state index contributed by atoms with van der Waals surface area (Å²) in [4.78, 5) is 4.52. The van der Waals surface area contributed by atoms with Crippen molar-refractivity contribution < 1.29 is 0 Å². The molecule has 0 saturated heterocycles. The Hall–Kier alpha value is -1.39. The van der Waals surface area contributed by atoms with Gasteiger partial charge in [-0.2, -0.15) is 5.10 Å². The molecule has 0 fully saturated rings. The van der Waals surface area contributed by atoms with Crippen molar-refractivity contribution in [3.05, 3.63) is 40.9 Å².